The normalized spacial score (nSPS) is 11.9. The van der Waals surface area contributed by atoms with Gasteiger partial charge in [-0.25, -0.2) is 13.1 Å². The zero-order valence-corrected chi connectivity index (χ0v) is 15.5. The minimum atomic E-state index is -3.54. The van der Waals surface area contributed by atoms with Crippen LogP contribution in [-0.2, 0) is 27.9 Å². The number of sulfonamides is 1. The summed E-state index contributed by atoms with van der Waals surface area (Å²) in [5, 5.41) is 0. The summed E-state index contributed by atoms with van der Waals surface area (Å²) in [6.07, 6.45) is 0.130. The molecule has 0 aliphatic carbocycles. The van der Waals surface area contributed by atoms with E-state index >= 15 is 0 Å². The fourth-order valence-corrected chi connectivity index (χ4v) is 3.36. The molecule has 0 saturated heterocycles. The van der Waals surface area contributed by atoms with Gasteiger partial charge in [-0.2, -0.15) is 0 Å². The molecule has 0 heterocycles. The maximum atomic E-state index is 12.5. The van der Waals surface area contributed by atoms with Crippen LogP contribution in [0.1, 0.15) is 36.1 Å². The molecule has 0 unspecified atom stereocenters. The SMILES string of the molecule is Cc1ccc(S(=O)(=O)NCc2ccccc2COC(C)C)cc1C. The average molecular weight is 347 g/mol. The van der Waals surface area contributed by atoms with Crippen molar-refractivity contribution in [3.8, 4) is 0 Å². The lowest BCUT2D eigenvalue weighted by Crippen LogP contribution is -2.24. The van der Waals surface area contributed by atoms with Gasteiger partial charge in [0, 0.05) is 6.54 Å². The van der Waals surface area contributed by atoms with Crippen LogP contribution < -0.4 is 4.72 Å². The van der Waals surface area contributed by atoms with Crippen molar-refractivity contribution in [2.24, 2.45) is 0 Å². The van der Waals surface area contributed by atoms with E-state index in [1.165, 1.54) is 0 Å². The molecular formula is C19H25NO3S. The smallest absolute Gasteiger partial charge is 0.240 e. The molecule has 2 rings (SSSR count). The van der Waals surface area contributed by atoms with Gasteiger partial charge in [-0.05, 0) is 62.1 Å². The Hall–Kier alpha value is -1.69. The lowest BCUT2D eigenvalue weighted by molar-refractivity contribution is 0.0652. The molecule has 0 saturated carbocycles. The Labute approximate surface area is 144 Å². The Morgan fingerprint density at radius 3 is 2.29 bits per heavy atom. The first-order valence-electron chi connectivity index (χ1n) is 8.05. The molecule has 0 fully saturated rings. The summed E-state index contributed by atoms with van der Waals surface area (Å²) in [6.45, 7) is 8.54. The molecule has 0 aliphatic rings. The zero-order valence-electron chi connectivity index (χ0n) is 14.7. The van der Waals surface area contributed by atoms with Crippen molar-refractivity contribution in [3.05, 3.63) is 64.7 Å². The summed E-state index contributed by atoms with van der Waals surface area (Å²) in [4.78, 5) is 0.293. The lowest BCUT2D eigenvalue weighted by atomic mass is 10.1. The van der Waals surface area contributed by atoms with Gasteiger partial charge < -0.3 is 4.74 Å². The number of rotatable bonds is 7. The fourth-order valence-electron chi connectivity index (χ4n) is 2.26. The second-order valence-electron chi connectivity index (χ2n) is 6.20. The van der Waals surface area contributed by atoms with Crippen molar-refractivity contribution < 1.29 is 13.2 Å². The van der Waals surface area contributed by atoms with Crippen LogP contribution in [-0.4, -0.2) is 14.5 Å². The van der Waals surface area contributed by atoms with E-state index in [9.17, 15) is 8.42 Å². The number of nitrogens with one attached hydrogen (secondary N) is 1. The van der Waals surface area contributed by atoms with Gasteiger partial charge in [0.05, 0.1) is 17.6 Å². The molecule has 1 N–H and O–H groups in total. The molecule has 24 heavy (non-hydrogen) atoms. The minimum Gasteiger partial charge on any atom is -0.374 e. The Morgan fingerprint density at radius 2 is 1.67 bits per heavy atom. The van der Waals surface area contributed by atoms with Crippen molar-refractivity contribution in [3.63, 3.8) is 0 Å². The molecule has 0 atom stereocenters. The zero-order chi connectivity index (χ0) is 17.7. The van der Waals surface area contributed by atoms with Crippen LogP contribution in [0.3, 0.4) is 0 Å². The van der Waals surface area contributed by atoms with E-state index < -0.39 is 10.0 Å². The van der Waals surface area contributed by atoms with E-state index in [-0.39, 0.29) is 12.6 Å². The monoisotopic (exact) mass is 347 g/mol. The summed E-state index contributed by atoms with van der Waals surface area (Å²) in [5.41, 5.74) is 3.95. The Morgan fingerprint density at radius 1 is 1.00 bits per heavy atom. The van der Waals surface area contributed by atoms with Gasteiger partial charge in [-0.15, -0.1) is 0 Å². The second-order valence-corrected chi connectivity index (χ2v) is 7.97. The molecule has 2 aromatic carbocycles. The standard InChI is InChI=1S/C19H25NO3S/c1-14(2)23-13-18-8-6-5-7-17(18)12-20-24(21,22)19-10-9-15(3)16(4)11-19/h5-11,14,20H,12-13H2,1-4H3. The highest BCUT2D eigenvalue weighted by Crippen LogP contribution is 2.16. The molecule has 5 heteroatoms. The van der Waals surface area contributed by atoms with E-state index in [4.69, 9.17) is 4.74 Å². The van der Waals surface area contributed by atoms with Crippen LogP contribution in [0, 0.1) is 13.8 Å². The highest BCUT2D eigenvalue weighted by molar-refractivity contribution is 7.89. The van der Waals surface area contributed by atoms with Gasteiger partial charge in [-0.3, -0.25) is 0 Å². The third-order valence-corrected chi connectivity index (χ3v) is 5.33. The molecule has 0 radical (unpaired) electrons. The molecule has 4 nitrogen and oxygen atoms in total. The van der Waals surface area contributed by atoms with Gasteiger partial charge in [-0.1, -0.05) is 30.3 Å². The lowest BCUT2D eigenvalue weighted by Gasteiger charge is -2.13. The molecule has 2 aromatic rings. The first-order valence-corrected chi connectivity index (χ1v) is 9.53. The van der Waals surface area contributed by atoms with Crippen LogP contribution >= 0.6 is 0 Å². The summed E-state index contributed by atoms with van der Waals surface area (Å²) >= 11 is 0. The first-order chi connectivity index (χ1) is 11.3. The van der Waals surface area contributed by atoms with Crippen molar-refractivity contribution in [2.75, 3.05) is 0 Å². The predicted molar refractivity (Wildman–Crippen MR) is 96.3 cm³/mol. The van der Waals surface area contributed by atoms with E-state index in [0.29, 0.717) is 11.5 Å². The van der Waals surface area contributed by atoms with Crippen molar-refractivity contribution >= 4 is 10.0 Å². The highest BCUT2D eigenvalue weighted by atomic mass is 32.2. The number of ether oxygens (including phenoxy) is 1. The second kappa shape index (κ2) is 7.92. The van der Waals surface area contributed by atoms with Gasteiger partial charge in [0.1, 0.15) is 0 Å². The number of hydrogen-bond acceptors (Lipinski definition) is 3. The maximum absolute atomic E-state index is 12.5. The third-order valence-electron chi connectivity index (χ3n) is 3.93. The summed E-state index contributed by atoms with van der Waals surface area (Å²) < 4.78 is 33.3. The van der Waals surface area contributed by atoms with Gasteiger partial charge in [0.15, 0.2) is 0 Å². The minimum absolute atomic E-state index is 0.130. The molecule has 0 bridgehead atoms. The van der Waals surface area contributed by atoms with Crippen LogP contribution in [0.5, 0.6) is 0 Å². The molecule has 130 valence electrons. The largest absolute Gasteiger partial charge is 0.374 e. The van der Waals surface area contributed by atoms with Gasteiger partial charge >= 0.3 is 0 Å². The summed E-state index contributed by atoms with van der Waals surface area (Å²) in [5.74, 6) is 0. The molecule has 0 aliphatic heterocycles. The molecule has 0 spiro atoms. The van der Waals surface area contributed by atoms with E-state index in [0.717, 1.165) is 22.3 Å². The molecule has 0 amide bonds. The fraction of sp³-hybridized carbons (Fsp3) is 0.368. The van der Waals surface area contributed by atoms with Crippen LogP contribution in [0.25, 0.3) is 0 Å². The van der Waals surface area contributed by atoms with Gasteiger partial charge in [0.2, 0.25) is 10.0 Å². The average Bonchev–Trinajstić information content (AvgIpc) is 2.54. The maximum Gasteiger partial charge on any atom is 0.240 e. The Balaban J connectivity index is 2.13. The molecule has 0 aromatic heterocycles. The van der Waals surface area contributed by atoms with Crippen molar-refractivity contribution in [1.82, 2.24) is 4.72 Å². The first kappa shape index (κ1) is 18.6. The van der Waals surface area contributed by atoms with E-state index in [2.05, 4.69) is 4.72 Å². The topological polar surface area (TPSA) is 55.4 Å². The van der Waals surface area contributed by atoms with Crippen molar-refractivity contribution in [1.29, 1.82) is 0 Å². The highest BCUT2D eigenvalue weighted by Gasteiger charge is 2.15. The van der Waals surface area contributed by atoms with E-state index in [1.54, 1.807) is 12.1 Å². The quantitative estimate of drug-likeness (QED) is 0.831. The summed E-state index contributed by atoms with van der Waals surface area (Å²) in [7, 11) is -3.54. The number of aryl methyl sites for hydroxylation is 2. The predicted octanol–water partition coefficient (Wildman–Crippen LogP) is 3.71. The Kier molecular flexibility index (Phi) is 6.15. The van der Waals surface area contributed by atoms with Crippen LogP contribution in [0.4, 0.5) is 0 Å². The number of benzene rings is 2. The van der Waals surface area contributed by atoms with Crippen molar-refractivity contribution in [2.45, 2.75) is 51.8 Å². The van der Waals surface area contributed by atoms with Crippen LogP contribution in [0.2, 0.25) is 0 Å². The van der Waals surface area contributed by atoms with Gasteiger partial charge in [0.25, 0.3) is 0 Å². The molecular weight excluding hydrogens is 322 g/mol. The number of hydrogen-bond donors (Lipinski definition) is 1. The van der Waals surface area contributed by atoms with Crippen LogP contribution in [0.15, 0.2) is 47.4 Å². The van der Waals surface area contributed by atoms with E-state index in [1.807, 2.05) is 58.0 Å². The summed E-state index contributed by atoms with van der Waals surface area (Å²) in [6, 6.07) is 12.9. The third kappa shape index (κ3) is 4.90. The Bertz CT molecular complexity index is 798.